The van der Waals surface area contributed by atoms with Gasteiger partial charge in [0, 0.05) is 52.4 Å². The predicted octanol–water partition coefficient (Wildman–Crippen LogP) is -2.75. The standard InChI is InChI=1S/C12H29N3O5/c16-9-5-13(3-4-15(20)8-12-19)1-2-14(6-10-17)7-11-18/h16-20H,1-12H2. The molecule has 0 radical (unpaired) electrons. The predicted molar refractivity (Wildman–Crippen MR) is 74.6 cm³/mol. The fourth-order valence-electron chi connectivity index (χ4n) is 1.86. The van der Waals surface area contributed by atoms with Crippen molar-refractivity contribution >= 4 is 0 Å². The molecule has 0 aliphatic rings. The number of aliphatic hydroxyl groups excluding tert-OH is 4. The van der Waals surface area contributed by atoms with Gasteiger partial charge in [-0.2, -0.15) is 5.06 Å². The Kier molecular flexibility index (Phi) is 13.4. The molecule has 0 aliphatic heterocycles. The highest BCUT2D eigenvalue weighted by Gasteiger charge is 2.10. The van der Waals surface area contributed by atoms with Gasteiger partial charge in [0.2, 0.25) is 0 Å². The van der Waals surface area contributed by atoms with Gasteiger partial charge in [-0.1, -0.05) is 0 Å². The molecule has 0 fully saturated rings. The quantitative estimate of drug-likeness (QED) is 0.219. The number of aliphatic hydroxyl groups is 4. The minimum absolute atomic E-state index is 0.0332. The van der Waals surface area contributed by atoms with E-state index in [1.165, 1.54) is 0 Å². The van der Waals surface area contributed by atoms with E-state index >= 15 is 0 Å². The van der Waals surface area contributed by atoms with Crippen LogP contribution in [0.2, 0.25) is 0 Å². The lowest BCUT2D eigenvalue weighted by molar-refractivity contribution is -0.102. The minimum Gasteiger partial charge on any atom is -0.395 e. The van der Waals surface area contributed by atoms with E-state index in [0.29, 0.717) is 45.8 Å². The lowest BCUT2D eigenvalue weighted by atomic mass is 10.4. The van der Waals surface area contributed by atoms with Crippen LogP contribution in [0.5, 0.6) is 0 Å². The molecule has 122 valence electrons. The molecule has 0 spiro atoms. The first-order valence-corrected chi connectivity index (χ1v) is 6.99. The van der Waals surface area contributed by atoms with Crippen molar-refractivity contribution in [2.24, 2.45) is 0 Å². The van der Waals surface area contributed by atoms with E-state index in [-0.39, 0.29) is 33.0 Å². The van der Waals surface area contributed by atoms with Crippen LogP contribution in [0.1, 0.15) is 0 Å². The zero-order valence-electron chi connectivity index (χ0n) is 12.1. The van der Waals surface area contributed by atoms with Crippen LogP contribution in [0.25, 0.3) is 0 Å². The van der Waals surface area contributed by atoms with Crippen LogP contribution in [0, 0.1) is 0 Å². The van der Waals surface area contributed by atoms with Gasteiger partial charge in [0.25, 0.3) is 0 Å². The van der Waals surface area contributed by atoms with Crippen molar-refractivity contribution in [3.63, 3.8) is 0 Å². The van der Waals surface area contributed by atoms with Crippen LogP contribution in [0.4, 0.5) is 0 Å². The third kappa shape index (κ3) is 10.5. The van der Waals surface area contributed by atoms with E-state index in [4.69, 9.17) is 20.4 Å². The van der Waals surface area contributed by atoms with E-state index in [1.54, 1.807) is 0 Å². The molecule has 8 heteroatoms. The van der Waals surface area contributed by atoms with Crippen LogP contribution >= 0.6 is 0 Å². The van der Waals surface area contributed by atoms with Gasteiger partial charge in [-0.3, -0.25) is 9.80 Å². The number of nitrogens with zero attached hydrogens (tertiary/aromatic N) is 3. The molecule has 0 aliphatic carbocycles. The first-order valence-electron chi connectivity index (χ1n) is 6.99. The second-order valence-corrected chi connectivity index (χ2v) is 4.53. The molecule has 0 bridgehead atoms. The van der Waals surface area contributed by atoms with Gasteiger partial charge in [-0.25, -0.2) is 0 Å². The highest BCUT2D eigenvalue weighted by atomic mass is 16.5. The highest BCUT2D eigenvalue weighted by molar-refractivity contribution is 4.64. The maximum atomic E-state index is 9.42. The summed E-state index contributed by atoms with van der Waals surface area (Å²) in [6, 6.07) is 0. The van der Waals surface area contributed by atoms with Crippen molar-refractivity contribution in [3.8, 4) is 0 Å². The maximum absolute atomic E-state index is 9.42. The van der Waals surface area contributed by atoms with Gasteiger partial charge in [0.1, 0.15) is 0 Å². The molecule has 0 rings (SSSR count). The van der Waals surface area contributed by atoms with Crippen molar-refractivity contribution < 1.29 is 25.6 Å². The Hall–Kier alpha value is -0.320. The van der Waals surface area contributed by atoms with Gasteiger partial charge < -0.3 is 25.6 Å². The van der Waals surface area contributed by atoms with Crippen LogP contribution in [0.15, 0.2) is 0 Å². The Bertz CT molecular complexity index is 206. The Morgan fingerprint density at radius 1 is 0.450 bits per heavy atom. The number of hydrogen-bond acceptors (Lipinski definition) is 8. The van der Waals surface area contributed by atoms with Crippen LogP contribution in [-0.4, -0.2) is 119 Å². The Labute approximate surface area is 120 Å². The van der Waals surface area contributed by atoms with E-state index in [1.807, 2.05) is 9.80 Å². The first-order chi connectivity index (χ1) is 9.67. The molecule has 0 aromatic heterocycles. The highest BCUT2D eigenvalue weighted by Crippen LogP contribution is 1.94. The van der Waals surface area contributed by atoms with Crippen LogP contribution in [0.3, 0.4) is 0 Å². The Morgan fingerprint density at radius 3 is 1.20 bits per heavy atom. The smallest absolute Gasteiger partial charge is 0.0581 e. The normalized spacial score (nSPS) is 12.0. The van der Waals surface area contributed by atoms with Crippen molar-refractivity contribution in [2.45, 2.75) is 0 Å². The summed E-state index contributed by atoms with van der Waals surface area (Å²) >= 11 is 0. The average molecular weight is 295 g/mol. The molecule has 0 saturated heterocycles. The van der Waals surface area contributed by atoms with E-state index in [9.17, 15) is 5.21 Å². The molecule has 5 N–H and O–H groups in total. The molecule has 0 aromatic rings. The van der Waals surface area contributed by atoms with Crippen molar-refractivity contribution in [3.05, 3.63) is 0 Å². The lowest BCUT2D eigenvalue weighted by Crippen LogP contribution is -2.42. The third-order valence-corrected chi connectivity index (χ3v) is 3.01. The van der Waals surface area contributed by atoms with Crippen molar-refractivity contribution in [1.82, 2.24) is 14.9 Å². The summed E-state index contributed by atoms with van der Waals surface area (Å²) in [5, 5.41) is 46.0. The molecule has 0 saturated carbocycles. The molecular weight excluding hydrogens is 266 g/mol. The summed E-state index contributed by atoms with van der Waals surface area (Å²) in [5.41, 5.74) is 0. The summed E-state index contributed by atoms with van der Waals surface area (Å²) in [7, 11) is 0. The second kappa shape index (κ2) is 13.7. The Morgan fingerprint density at radius 2 is 0.800 bits per heavy atom. The molecule has 0 amide bonds. The van der Waals surface area contributed by atoms with Gasteiger partial charge in [0.15, 0.2) is 0 Å². The fraction of sp³-hybridized carbons (Fsp3) is 1.00. The average Bonchev–Trinajstić information content (AvgIpc) is 2.42. The summed E-state index contributed by atoms with van der Waals surface area (Å²) in [6.45, 7) is 4.04. The summed E-state index contributed by atoms with van der Waals surface area (Å²) in [5.74, 6) is 0. The Balaban J connectivity index is 4.03. The van der Waals surface area contributed by atoms with Crippen LogP contribution in [-0.2, 0) is 0 Å². The van der Waals surface area contributed by atoms with E-state index < -0.39 is 0 Å². The SMILES string of the molecule is OCCN(O)CCN(CCO)CCN(CCO)CCO. The monoisotopic (exact) mass is 295 g/mol. The number of rotatable bonds is 14. The van der Waals surface area contributed by atoms with Gasteiger partial charge in [-0.15, -0.1) is 0 Å². The fourth-order valence-corrected chi connectivity index (χ4v) is 1.86. The third-order valence-electron chi connectivity index (χ3n) is 3.01. The summed E-state index contributed by atoms with van der Waals surface area (Å²) in [4.78, 5) is 3.93. The van der Waals surface area contributed by atoms with Crippen molar-refractivity contribution in [2.75, 3.05) is 78.8 Å². The second-order valence-electron chi connectivity index (χ2n) is 4.53. The number of hydroxylamine groups is 2. The molecule has 0 heterocycles. The molecule has 0 unspecified atom stereocenters. The molecule has 20 heavy (non-hydrogen) atoms. The zero-order chi connectivity index (χ0) is 15.2. The maximum Gasteiger partial charge on any atom is 0.0581 e. The van der Waals surface area contributed by atoms with Crippen LogP contribution < -0.4 is 0 Å². The van der Waals surface area contributed by atoms with E-state index in [2.05, 4.69) is 0 Å². The molecular formula is C12H29N3O5. The molecule has 0 atom stereocenters. The van der Waals surface area contributed by atoms with Gasteiger partial charge >= 0.3 is 0 Å². The van der Waals surface area contributed by atoms with Gasteiger partial charge in [-0.05, 0) is 0 Å². The molecule has 0 aromatic carbocycles. The van der Waals surface area contributed by atoms with E-state index in [0.717, 1.165) is 5.06 Å². The topological polar surface area (TPSA) is 111 Å². The summed E-state index contributed by atoms with van der Waals surface area (Å²) in [6.07, 6.45) is 0. The van der Waals surface area contributed by atoms with Crippen molar-refractivity contribution in [1.29, 1.82) is 0 Å². The first kappa shape index (κ1) is 19.7. The number of hydrogen-bond donors (Lipinski definition) is 5. The lowest BCUT2D eigenvalue weighted by Gasteiger charge is -2.27. The minimum atomic E-state index is -0.0999. The zero-order valence-corrected chi connectivity index (χ0v) is 12.1. The van der Waals surface area contributed by atoms with Gasteiger partial charge in [0.05, 0.1) is 26.4 Å². The molecule has 8 nitrogen and oxygen atoms in total. The summed E-state index contributed by atoms with van der Waals surface area (Å²) < 4.78 is 0. The largest absolute Gasteiger partial charge is 0.395 e.